The largest absolute Gasteiger partial charge is 0.463 e. The minimum absolute atomic E-state index is 0.215. The van der Waals surface area contributed by atoms with Gasteiger partial charge in [-0.2, -0.15) is 0 Å². The summed E-state index contributed by atoms with van der Waals surface area (Å²) in [4.78, 5) is 11.9. The smallest absolute Gasteiger partial charge is 0.330 e. The van der Waals surface area contributed by atoms with Crippen LogP contribution >= 0.6 is 0 Å². The second-order valence-electron chi connectivity index (χ2n) is 10.6. The number of allylic oxidation sites excluding steroid dienone is 3. The van der Waals surface area contributed by atoms with Crippen LogP contribution in [0.1, 0.15) is 54.9 Å². The number of esters is 1. The molecule has 0 amide bonds. The quantitative estimate of drug-likeness (QED) is 0.235. The van der Waals surface area contributed by atoms with Gasteiger partial charge >= 0.3 is 5.97 Å². The highest BCUT2D eigenvalue weighted by Gasteiger charge is 2.49. The molecule has 4 heteroatoms. The predicted molar refractivity (Wildman–Crippen MR) is 120 cm³/mol. The molecule has 2 aliphatic rings. The predicted octanol–water partition coefficient (Wildman–Crippen LogP) is 6.23. The zero-order chi connectivity index (χ0) is 21.3. The van der Waals surface area contributed by atoms with Crippen molar-refractivity contribution in [3.63, 3.8) is 0 Å². The highest BCUT2D eigenvalue weighted by molar-refractivity contribution is 6.74. The molecular formula is C24H42O3Si. The number of hydrogen-bond donors (Lipinski definition) is 0. The van der Waals surface area contributed by atoms with Crippen molar-refractivity contribution in [3.8, 4) is 0 Å². The fraction of sp³-hybridized carbons (Fsp3) is 0.792. The fourth-order valence-corrected chi connectivity index (χ4v) is 6.39. The molecule has 2 aliphatic carbocycles. The van der Waals surface area contributed by atoms with Crippen LogP contribution in [0.15, 0.2) is 24.3 Å². The first-order valence-corrected chi connectivity index (χ1v) is 14.0. The van der Waals surface area contributed by atoms with Crippen molar-refractivity contribution < 1.29 is 14.0 Å². The summed E-state index contributed by atoms with van der Waals surface area (Å²) in [7, 11) is -1.83. The third-order valence-electron chi connectivity index (χ3n) is 7.52. The van der Waals surface area contributed by atoms with Gasteiger partial charge in [-0.15, -0.1) is 0 Å². The molecule has 160 valence electrons. The van der Waals surface area contributed by atoms with Crippen molar-refractivity contribution in [2.24, 2.45) is 35.5 Å². The number of carbonyl (C=O) groups is 1. The summed E-state index contributed by atoms with van der Waals surface area (Å²) in [6.45, 7) is 20.9. The van der Waals surface area contributed by atoms with Crippen molar-refractivity contribution in [1.82, 2.24) is 0 Å². The number of hydrogen-bond acceptors (Lipinski definition) is 3. The molecule has 0 aromatic carbocycles. The Labute approximate surface area is 174 Å². The first-order chi connectivity index (χ1) is 12.9. The summed E-state index contributed by atoms with van der Waals surface area (Å²) in [5.41, 5.74) is 0. The van der Waals surface area contributed by atoms with Gasteiger partial charge in [0.15, 0.2) is 8.32 Å². The number of rotatable bonds is 5. The molecule has 2 rings (SSSR count). The Hall–Kier alpha value is -0.873. The van der Waals surface area contributed by atoms with Crippen molar-refractivity contribution in [3.05, 3.63) is 24.3 Å². The minimum Gasteiger partial charge on any atom is -0.463 e. The van der Waals surface area contributed by atoms with E-state index in [1.54, 1.807) is 6.08 Å². The molecule has 1 saturated carbocycles. The molecule has 0 aromatic rings. The Balaban J connectivity index is 2.27. The van der Waals surface area contributed by atoms with E-state index in [9.17, 15) is 4.79 Å². The van der Waals surface area contributed by atoms with Crippen molar-refractivity contribution in [1.29, 1.82) is 0 Å². The molecule has 3 nitrogen and oxygen atoms in total. The second-order valence-corrected chi connectivity index (χ2v) is 15.3. The monoisotopic (exact) mass is 406 g/mol. The first kappa shape index (κ1) is 23.4. The molecule has 28 heavy (non-hydrogen) atoms. The topological polar surface area (TPSA) is 35.5 Å². The van der Waals surface area contributed by atoms with Crippen LogP contribution < -0.4 is 0 Å². The van der Waals surface area contributed by atoms with Gasteiger partial charge < -0.3 is 9.16 Å². The number of carbonyl (C=O) groups excluding carboxylic acids is 1. The molecular weight excluding hydrogens is 364 g/mol. The van der Waals surface area contributed by atoms with Crippen molar-refractivity contribution in [2.75, 3.05) is 6.61 Å². The number of ether oxygens (including phenoxy) is 1. The van der Waals surface area contributed by atoms with E-state index in [4.69, 9.17) is 9.16 Å². The molecule has 7 atom stereocenters. The number of fused-ring (bicyclic) bond motifs is 1. The highest BCUT2D eigenvalue weighted by Crippen LogP contribution is 2.50. The van der Waals surface area contributed by atoms with Gasteiger partial charge in [0.2, 0.25) is 0 Å². The van der Waals surface area contributed by atoms with Gasteiger partial charge in [0.05, 0.1) is 12.7 Å². The maximum absolute atomic E-state index is 11.9. The van der Waals surface area contributed by atoms with Crippen LogP contribution in [0.3, 0.4) is 0 Å². The Bertz CT molecular complexity index is 601. The summed E-state index contributed by atoms with van der Waals surface area (Å²) < 4.78 is 12.1. The molecule has 0 radical (unpaired) electrons. The van der Waals surface area contributed by atoms with E-state index in [0.717, 1.165) is 0 Å². The summed E-state index contributed by atoms with van der Waals surface area (Å²) >= 11 is 0. The zero-order valence-corrected chi connectivity index (χ0v) is 20.5. The molecule has 1 fully saturated rings. The molecule has 0 aliphatic heterocycles. The summed E-state index contributed by atoms with van der Waals surface area (Å²) in [5.74, 6) is 2.65. The van der Waals surface area contributed by atoms with Crippen LogP contribution in [-0.4, -0.2) is 27.0 Å². The SMILES string of the molecule is CCOC(=O)/C=C/[C@@H]1[C@H]2[C@H](C)[C@@H](O[Si](C)(C)C(C)(C)C)[C@H](C)C[C@@H]2C=C[C@@H]1C. The summed E-state index contributed by atoms with van der Waals surface area (Å²) in [6, 6.07) is 0. The lowest BCUT2D eigenvalue weighted by Gasteiger charge is -2.52. The van der Waals surface area contributed by atoms with Crippen LogP contribution in [0.25, 0.3) is 0 Å². The lowest BCUT2D eigenvalue weighted by Crippen LogP contribution is -2.53. The Morgan fingerprint density at radius 3 is 2.39 bits per heavy atom. The normalized spacial score (nSPS) is 36.4. The van der Waals surface area contributed by atoms with Gasteiger partial charge in [-0.25, -0.2) is 4.79 Å². The van der Waals surface area contributed by atoms with E-state index in [-0.39, 0.29) is 11.0 Å². The molecule has 0 heterocycles. The van der Waals surface area contributed by atoms with E-state index in [1.807, 2.05) is 6.92 Å². The maximum Gasteiger partial charge on any atom is 0.330 e. The van der Waals surface area contributed by atoms with E-state index >= 15 is 0 Å². The average Bonchev–Trinajstić information content (AvgIpc) is 2.57. The second kappa shape index (κ2) is 8.87. The minimum atomic E-state index is -1.83. The van der Waals surface area contributed by atoms with E-state index in [2.05, 4.69) is 72.9 Å². The van der Waals surface area contributed by atoms with Crippen LogP contribution in [0.4, 0.5) is 0 Å². The molecule has 0 saturated heterocycles. The van der Waals surface area contributed by atoms with E-state index < -0.39 is 8.32 Å². The molecule has 0 spiro atoms. The standard InChI is InChI=1S/C24H42O3Si/c1-10-26-21(25)14-13-20-16(2)11-12-19-15-17(3)23(18(4)22(19)20)27-28(8,9)24(5,6)7/h11-14,16-20,22-23H,10,15H2,1-9H3/b14-13+/t16-,17+,18-,19-,20-,22-,23-/m0/s1. The van der Waals surface area contributed by atoms with E-state index in [1.165, 1.54) is 6.42 Å². The fourth-order valence-electron chi connectivity index (χ4n) is 4.91. The maximum atomic E-state index is 11.9. The molecule has 0 unspecified atom stereocenters. The first-order valence-electron chi connectivity index (χ1n) is 11.1. The Morgan fingerprint density at radius 1 is 1.18 bits per heavy atom. The van der Waals surface area contributed by atoms with Gasteiger partial charge in [0, 0.05) is 6.08 Å². The molecule has 0 aromatic heterocycles. The third-order valence-corrected chi connectivity index (χ3v) is 12.0. The lowest BCUT2D eigenvalue weighted by atomic mass is 9.58. The zero-order valence-electron chi connectivity index (χ0n) is 19.5. The van der Waals surface area contributed by atoms with Crippen LogP contribution in [0, 0.1) is 35.5 Å². The third kappa shape index (κ3) is 4.99. The van der Waals surface area contributed by atoms with Gasteiger partial charge in [-0.1, -0.05) is 59.8 Å². The van der Waals surface area contributed by atoms with Crippen molar-refractivity contribution in [2.45, 2.75) is 79.1 Å². The average molecular weight is 407 g/mol. The Morgan fingerprint density at radius 2 is 1.82 bits per heavy atom. The molecule has 0 N–H and O–H groups in total. The van der Waals surface area contributed by atoms with Gasteiger partial charge in [-0.05, 0) is 67.0 Å². The van der Waals surface area contributed by atoms with Crippen molar-refractivity contribution >= 4 is 14.3 Å². The van der Waals surface area contributed by atoms with Crippen LogP contribution in [-0.2, 0) is 14.0 Å². The van der Waals surface area contributed by atoms with Crippen LogP contribution in [0.5, 0.6) is 0 Å². The lowest BCUT2D eigenvalue weighted by molar-refractivity contribution is -0.137. The molecule has 0 bridgehead atoms. The van der Waals surface area contributed by atoms with Crippen LogP contribution in [0.2, 0.25) is 18.1 Å². The van der Waals surface area contributed by atoms with Gasteiger partial charge in [0.1, 0.15) is 0 Å². The summed E-state index contributed by atoms with van der Waals surface area (Å²) in [5, 5.41) is 0.215. The van der Waals surface area contributed by atoms with Gasteiger partial charge in [-0.3, -0.25) is 0 Å². The summed E-state index contributed by atoms with van der Waals surface area (Å²) in [6.07, 6.45) is 9.99. The van der Waals surface area contributed by atoms with Gasteiger partial charge in [0.25, 0.3) is 0 Å². The Kier molecular flexibility index (Phi) is 7.41. The highest BCUT2D eigenvalue weighted by atomic mass is 28.4. The van der Waals surface area contributed by atoms with E-state index in [0.29, 0.717) is 48.2 Å².